The summed E-state index contributed by atoms with van der Waals surface area (Å²) < 4.78 is 13.3. The summed E-state index contributed by atoms with van der Waals surface area (Å²) in [5, 5.41) is 16.8. The Morgan fingerprint density at radius 3 is 2.59 bits per heavy atom. The highest BCUT2D eigenvalue weighted by atomic mass is 19.1. The van der Waals surface area contributed by atoms with Crippen molar-refractivity contribution in [2.45, 2.75) is 19.6 Å². The average molecular weight is 499 g/mol. The van der Waals surface area contributed by atoms with E-state index in [4.69, 9.17) is 0 Å². The highest BCUT2D eigenvalue weighted by molar-refractivity contribution is 6.15. The predicted octanol–water partition coefficient (Wildman–Crippen LogP) is 3.53. The van der Waals surface area contributed by atoms with E-state index >= 15 is 0 Å². The fraction of sp³-hybridized carbons (Fsp3) is 0.143. The Bertz CT molecular complexity index is 1550. The van der Waals surface area contributed by atoms with Crippen LogP contribution in [-0.2, 0) is 19.6 Å². The molecule has 0 aliphatic carbocycles. The number of pyridine rings is 1. The number of hydrogen-bond donors (Lipinski definition) is 3. The normalized spacial score (nSPS) is 12.5. The summed E-state index contributed by atoms with van der Waals surface area (Å²) in [6.45, 7) is 0.428. The van der Waals surface area contributed by atoms with Crippen molar-refractivity contribution in [3.05, 3.63) is 106 Å². The van der Waals surface area contributed by atoms with Gasteiger partial charge in [0.25, 0.3) is 17.7 Å². The van der Waals surface area contributed by atoms with Crippen LogP contribution in [0.2, 0.25) is 0 Å². The van der Waals surface area contributed by atoms with Crippen LogP contribution in [0.5, 0.6) is 5.75 Å². The van der Waals surface area contributed by atoms with Crippen LogP contribution in [-0.4, -0.2) is 39.8 Å². The minimum atomic E-state index is -0.434. The molecule has 9 heteroatoms. The zero-order chi connectivity index (χ0) is 26.1. The van der Waals surface area contributed by atoms with E-state index in [0.717, 1.165) is 5.56 Å². The Kier molecular flexibility index (Phi) is 6.27. The quantitative estimate of drug-likeness (QED) is 0.377. The SMILES string of the molecule is CNC(=O)c1cccc(CNC(=O)c2c3c(c(O)c4ncccc24)C(=O)N(Cc2ccc(F)cc2)C3)c1. The van der Waals surface area contributed by atoms with E-state index in [9.17, 15) is 23.9 Å². The number of aromatic hydroxyl groups is 1. The van der Waals surface area contributed by atoms with Gasteiger partial charge in [-0.1, -0.05) is 30.3 Å². The van der Waals surface area contributed by atoms with Crippen molar-refractivity contribution in [3.63, 3.8) is 0 Å². The van der Waals surface area contributed by atoms with Crippen molar-refractivity contribution in [1.29, 1.82) is 0 Å². The number of nitrogens with one attached hydrogen (secondary N) is 2. The second kappa shape index (κ2) is 9.69. The smallest absolute Gasteiger partial charge is 0.258 e. The van der Waals surface area contributed by atoms with Gasteiger partial charge in [0.05, 0.1) is 11.1 Å². The maximum absolute atomic E-state index is 13.5. The highest BCUT2D eigenvalue weighted by Crippen LogP contribution is 2.40. The molecule has 0 unspecified atom stereocenters. The summed E-state index contributed by atoms with van der Waals surface area (Å²) in [6, 6.07) is 16.0. The average Bonchev–Trinajstić information content (AvgIpc) is 3.24. The Morgan fingerprint density at radius 2 is 1.84 bits per heavy atom. The van der Waals surface area contributed by atoms with Crippen molar-refractivity contribution >= 4 is 28.6 Å². The van der Waals surface area contributed by atoms with Crippen LogP contribution in [0.4, 0.5) is 4.39 Å². The lowest BCUT2D eigenvalue weighted by Crippen LogP contribution is -2.25. The molecule has 2 heterocycles. The van der Waals surface area contributed by atoms with E-state index in [1.165, 1.54) is 23.2 Å². The number of carbonyl (C=O) groups excluding carboxylic acids is 3. The van der Waals surface area contributed by atoms with E-state index in [-0.39, 0.29) is 53.8 Å². The summed E-state index contributed by atoms with van der Waals surface area (Å²) >= 11 is 0. The summed E-state index contributed by atoms with van der Waals surface area (Å²) in [5.74, 6) is -1.75. The Morgan fingerprint density at radius 1 is 1.05 bits per heavy atom. The van der Waals surface area contributed by atoms with E-state index in [2.05, 4.69) is 15.6 Å². The number of amides is 3. The van der Waals surface area contributed by atoms with E-state index in [1.807, 2.05) is 0 Å². The standard InChI is InChI=1S/C28H23FN4O4/c1-30-26(35)18-5-2-4-17(12-18)13-32-27(36)22-20-6-3-11-31-24(20)25(34)23-21(22)15-33(28(23)37)14-16-7-9-19(29)10-8-16/h2-12,34H,13-15H2,1H3,(H,30,35)(H,32,36). The molecular weight excluding hydrogens is 475 g/mol. The molecule has 0 fully saturated rings. The molecule has 0 radical (unpaired) electrons. The first-order valence-corrected chi connectivity index (χ1v) is 11.6. The maximum Gasteiger partial charge on any atom is 0.258 e. The lowest BCUT2D eigenvalue weighted by Gasteiger charge is -2.16. The van der Waals surface area contributed by atoms with Crippen molar-refractivity contribution in [3.8, 4) is 5.75 Å². The molecule has 3 aromatic carbocycles. The van der Waals surface area contributed by atoms with Crippen LogP contribution >= 0.6 is 0 Å². The number of rotatable bonds is 6. The zero-order valence-corrected chi connectivity index (χ0v) is 19.9. The number of fused-ring (bicyclic) bond motifs is 2. The summed E-state index contributed by atoms with van der Waals surface area (Å²) in [4.78, 5) is 44.5. The van der Waals surface area contributed by atoms with Gasteiger partial charge in [-0.3, -0.25) is 19.4 Å². The number of nitrogens with zero attached hydrogens (tertiary/aromatic N) is 2. The topological polar surface area (TPSA) is 112 Å². The van der Waals surface area contributed by atoms with Gasteiger partial charge in [-0.15, -0.1) is 0 Å². The van der Waals surface area contributed by atoms with E-state index in [0.29, 0.717) is 22.1 Å². The minimum Gasteiger partial charge on any atom is -0.505 e. The predicted molar refractivity (Wildman–Crippen MR) is 134 cm³/mol. The molecule has 0 spiro atoms. The van der Waals surface area contributed by atoms with Gasteiger partial charge < -0.3 is 20.6 Å². The molecule has 1 aliphatic heterocycles. The number of carbonyl (C=O) groups is 3. The van der Waals surface area contributed by atoms with Gasteiger partial charge >= 0.3 is 0 Å². The first kappa shape index (κ1) is 23.9. The second-order valence-electron chi connectivity index (χ2n) is 8.73. The van der Waals surface area contributed by atoms with Crippen LogP contribution in [0.25, 0.3) is 10.9 Å². The number of phenolic OH excluding ortho intramolecular Hbond substituents is 1. The number of benzene rings is 3. The first-order valence-electron chi connectivity index (χ1n) is 11.6. The molecule has 5 rings (SSSR count). The van der Waals surface area contributed by atoms with Gasteiger partial charge in [-0.25, -0.2) is 4.39 Å². The molecule has 1 aromatic heterocycles. The number of hydrogen-bond acceptors (Lipinski definition) is 5. The minimum absolute atomic E-state index is 0.0417. The lowest BCUT2D eigenvalue weighted by atomic mass is 9.96. The lowest BCUT2D eigenvalue weighted by molar-refractivity contribution is 0.0763. The third-order valence-electron chi connectivity index (χ3n) is 6.37. The fourth-order valence-corrected chi connectivity index (χ4v) is 4.59. The van der Waals surface area contributed by atoms with Crippen LogP contribution in [0.15, 0.2) is 66.9 Å². The molecule has 3 amide bonds. The molecule has 0 saturated carbocycles. The molecule has 1 aliphatic rings. The molecule has 0 saturated heterocycles. The van der Waals surface area contributed by atoms with Gasteiger partial charge in [0, 0.05) is 49.4 Å². The van der Waals surface area contributed by atoms with E-state index < -0.39 is 11.8 Å². The number of halogens is 1. The molecule has 37 heavy (non-hydrogen) atoms. The Labute approximate surface area is 211 Å². The van der Waals surface area contributed by atoms with Crippen molar-refractivity contribution in [2.75, 3.05) is 7.05 Å². The summed E-state index contributed by atoms with van der Waals surface area (Å²) in [5.41, 5.74) is 2.77. The van der Waals surface area contributed by atoms with Gasteiger partial charge in [0.1, 0.15) is 11.3 Å². The summed E-state index contributed by atoms with van der Waals surface area (Å²) in [6.07, 6.45) is 1.48. The monoisotopic (exact) mass is 498 g/mol. The molecule has 3 N–H and O–H groups in total. The van der Waals surface area contributed by atoms with Gasteiger partial charge in [-0.2, -0.15) is 0 Å². The zero-order valence-electron chi connectivity index (χ0n) is 19.9. The maximum atomic E-state index is 13.5. The molecule has 0 bridgehead atoms. The van der Waals surface area contributed by atoms with Crippen LogP contribution in [0, 0.1) is 5.82 Å². The Balaban J connectivity index is 1.49. The molecule has 0 atom stereocenters. The highest BCUT2D eigenvalue weighted by Gasteiger charge is 2.36. The van der Waals surface area contributed by atoms with E-state index in [1.54, 1.807) is 55.6 Å². The molecular formula is C28H23FN4O4. The number of phenols is 1. The second-order valence-corrected chi connectivity index (χ2v) is 8.73. The third kappa shape index (κ3) is 4.47. The van der Waals surface area contributed by atoms with Gasteiger partial charge in [-0.05, 0) is 41.5 Å². The van der Waals surface area contributed by atoms with Gasteiger partial charge in [0.15, 0.2) is 5.75 Å². The molecule has 186 valence electrons. The van der Waals surface area contributed by atoms with Crippen molar-refractivity contribution < 1.29 is 23.9 Å². The Hall–Kier alpha value is -4.79. The largest absolute Gasteiger partial charge is 0.505 e. The van der Waals surface area contributed by atoms with Crippen LogP contribution < -0.4 is 10.6 Å². The van der Waals surface area contributed by atoms with Crippen LogP contribution in [0.1, 0.15) is 47.8 Å². The van der Waals surface area contributed by atoms with Crippen LogP contribution in [0.3, 0.4) is 0 Å². The fourth-order valence-electron chi connectivity index (χ4n) is 4.59. The summed E-state index contributed by atoms with van der Waals surface area (Å²) in [7, 11) is 1.54. The van der Waals surface area contributed by atoms with Crippen molar-refractivity contribution in [1.82, 2.24) is 20.5 Å². The van der Waals surface area contributed by atoms with Crippen molar-refractivity contribution in [2.24, 2.45) is 0 Å². The first-order chi connectivity index (χ1) is 17.9. The van der Waals surface area contributed by atoms with Gasteiger partial charge in [0.2, 0.25) is 0 Å². The number of aromatic nitrogens is 1. The molecule has 8 nitrogen and oxygen atoms in total. The third-order valence-corrected chi connectivity index (χ3v) is 6.37. The molecule has 4 aromatic rings.